The highest BCUT2D eigenvalue weighted by Gasteiger charge is 2.09. The minimum Gasteiger partial charge on any atom is -0.309 e. The van der Waals surface area contributed by atoms with Gasteiger partial charge in [-0.2, -0.15) is 5.10 Å². The predicted molar refractivity (Wildman–Crippen MR) is 90.4 cm³/mol. The highest BCUT2D eigenvalue weighted by Crippen LogP contribution is 2.19. The van der Waals surface area contributed by atoms with E-state index in [4.69, 9.17) is 5.10 Å². The second-order valence-electron chi connectivity index (χ2n) is 5.86. The molecule has 0 aliphatic heterocycles. The maximum atomic E-state index is 4.81. The van der Waals surface area contributed by atoms with Crippen molar-refractivity contribution in [3.8, 4) is 0 Å². The molecule has 0 bridgehead atoms. The van der Waals surface area contributed by atoms with E-state index in [9.17, 15) is 0 Å². The molecule has 3 nitrogen and oxygen atoms in total. The van der Waals surface area contributed by atoms with Crippen molar-refractivity contribution in [3.05, 3.63) is 42.6 Å². The van der Waals surface area contributed by atoms with Gasteiger partial charge in [-0.05, 0) is 25.3 Å². The lowest BCUT2D eigenvalue weighted by molar-refractivity contribution is 0.538. The second-order valence-corrected chi connectivity index (χ2v) is 5.86. The third-order valence-corrected chi connectivity index (χ3v) is 3.69. The zero-order valence-electron chi connectivity index (χ0n) is 13.3. The number of hydrogen-bond acceptors (Lipinski definition) is 2. The van der Waals surface area contributed by atoms with Crippen molar-refractivity contribution in [2.45, 2.75) is 58.7 Å². The average molecular weight is 285 g/mol. The Balaban J connectivity index is 2.06. The minimum atomic E-state index is 0.479. The summed E-state index contributed by atoms with van der Waals surface area (Å²) in [5.74, 6) is 0. The maximum Gasteiger partial charge on any atom is 0.0841 e. The molecule has 3 heteroatoms. The quantitative estimate of drug-likeness (QED) is 0.550. The summed E-state index contributed by atoms with van der Waals surface area (Å²) >= 11 is 0. The fraction of sp³-hybridized carbons (Fsp3) is 0.500. The summed E-state index contributed by atoms with van der Waals surface area (Å²) in [5, 5.41) is 9.55. The maximum absolute atomic E-state index is 4.81. The van der Waals surface area contributed by atoms with Crippen LogP contribution < -0.4 is 5.32 Å². The van der Waals surface area contributed by atoms with Crippen molar-refractivity contribution in [2.24, 2.45) is 0 Å². The van der Waals surface area contributed by atoms with Crippen molar-refractivity contribution < 1.29 is 0 Å². The van der Waals surface area contributed by atoms with Crippen molar-refractivity contribution in [2.75, 3.05) is 0 Å². The van der Waals surface area contributed by atoms with E-state index in [2.05, 4.69) is 54.7 Å². The highest BCUT2D eigenvalue weighted by molar-refractivity contribution is 5.81. The lowest BCUT2D eigenvalue weighted by atomic mass is 10.2. The zero-order chi connectivity index (χ0) is 15.1. The molecule has 0 aliphatic carbocycles. The van der Waals surface area contributed by atoms with Crippen LogP contribution in [-0.2, 0) is 13.1 Å². The van der Waals surface area contributed by atoms with Gasteiger partial charge in [0, 0.05) is 24.5 Å². The van der Waals surface area contributed by atoms with Crippen LogP contribution in [0.1, 0.15) is 45.2 Å². The summed E-state index contributed by atoms with van der Waals surface area (Å²) < 4.78 is 2.17. The number of hydrogen-bond donors (Lipinski definition) is 1. The van der Waals surface area contributed by atoms with Crippen LogP contribution in [0.25, 0.3) is 10.9 Å². The van der Waals surface area contributed by atoms with Crippen LogP contribution in [0.2, 0.25) is 0 Å². The molecule has 0 amide bonds. The molecule has 0 spiro atoms. The summed E-state index contributed by atoms with van der Waals surface area (Å²) in [4.78, 5) is 0. The summed E-state index contributed by atoms with van der Waals surface area (Å²) in [6, 6.07) is 9.02. The molecule has 2 rings (SSSR count). The van der Waals surface area contributed by atoms with Crippen molar-refractivity contribution in [3.63, 3.8) is 0 Å². The molecule has 114 valence electrons. The van der Waals surface area contributed by atoms with Crippen LogP contribution in [0.4, 0.5) is 0 Å². The van der Waals surface area contributed by atoms with Crippen molar-refractivity contribution in [1.82, 2.24) is 15.1 Å². The van der Waals surface area contributed by atoms with E-state index in [0.29, 0.717) is 6.04 Å². The third-order valence-electron chi connectivity index (χ3n) is 3.69. The SMILES string of the molecule is C=CCCCCCn1nc(CNC(C)C)c2ccccc21. The molecular formula is C18H27N3. The Morgan fingerprint density at radius 1 is 1.24 bits per heavy atom. The van der Waals surface area contributed by atoms with Crippen LogP contribution in [-0.4, -0.2) is 15.8 Å². The lowest BCUT2D eigenvalue weighted by Gasteiger charge is -2.05. The number of rotatable bonds is 9. The Morgan fingerprint density at radius 2 is 2.05 bits per heavy atom. The summed E-state index contributed by atoms with van der Waals surface area (Å²) in [6.45, 7) is 9.94. The first-order chi connectivity index (χ1) is 10.2. The van der Waals surface area contributed by atoms with Crippen LogP contribution >= 0.6 is 0 Å². The average Bonchev–Trinajstić information content (AvgIpc) is 2.83. The standard InChI is InChI=1S/C18H27N3/c1-4-5-6-7-10-13-21-18-12-9-8-11-16(18)17(20-21)14-19-15(2)3/h4,8-9,11-12,15,19H,1,5-7,10,13-14H2,2-3H3. The smallest absolute Gasteiger partial charge is 0.0841 e. The van der Waals surface area contributed by atoms with E-state index in [0.717, 1.165) is 25.2 Å². The Morgan fingerprint density at radius 3 is 2.81 bits per heavy atom. The van der Waals surface area contributed by atoms with Gasteiger partial charge in [-0.3, -0.25) is 4.68 Å². The number of aryl methyl sites for hydroxylation is 1. The van der Waals surface area contributed by atoms with Gasteiger partial charge in [-0.25, -0.2) is 0 Å². The van der Waals surface area contributed by atoms with Crippen molar-refractivity contribution >= 4 is 10.9 Å². The Kier molecular flexibility index (Phi) is 6.00. The third kappa shape index (κ3) is 4.43. The fourth-order valence-electron chi connectivity index (χ4n) is 2.53. The lowest BCUT2D eigenvalue weighted by Crippen LogP contribution is -2.22. The van der Waals surface area contributed by atoms with Gasteiger partial charge in [-0.15, -0.1) is 6.58 Å². The molecule has 1 N–H and O–H groups in total. The number of nitrogens with one attached hydrogen (secondary N) is 1. The number of nitrogens with zero attached hydrogens (tertiary/aromatic N) is 2. The van der Waals surface area contributed by atoms with Gasteiger partial charge in [0.25, 0.3) is 0 Å². The number of para-hydroxylation sites is 1. The topological polar surface area (TPSA) is 29.9 Å². The molecule has 0 aliphatic rings. The molecule has 1 aromatic heterocycles. The number of benzene rings is 1. The minimum absolute atomic E-state index is 0.479. The van der Waals surface area contributed by atoms with Gasteiger partial charge < -0.3 is 5.32 Å². The molecule has 0 saturated heterocycles. The molecule has 21 heavy (non-hydrogen) atoms. The van der Waals surface area contributed by atoms with E-state index in [1.165, 1.54) is 30.2 Å². The van der Waals surface area contributed by atoms with Gasteiger partial charge in [0.1, 0.15) is 0 Å². The van der Waals surface area contributed by atoms with E-state index < -0.39 is 0 Å². The largest absolute Gasteiger partial charge is 0.309 e. The Hall–Kier alpha value is -1.61. The summed E-state index contributed by atoms with van der Waals surface area (Å²) in [6.07, 6.45) is 6.75. The van der Waals surface area contributed by atoms with Crippen LogP contribution in [0.3, 0.4) is 0 Å². The Labute approximate surface area is 128 Å². The number of unbranched alkanes of at least 4 members (excludes halogenated alkanes) is 3. The molecule has 0 unspecified atom stereocenters. The van der Waals surface area contributed by atoms with Gasteiger partial charge >= 0.3 is 0 Å². The molecule has 1 heterocycles. The fourth-order valence-corrected chi connectivity index (χ4v) is 2.53. The van der Waals surface area contributed by atoms with Crippen LogP contribution in [0.15, 0.2) is 36.9 Å². The monoisotopic (exact) mass is 285 g/mol. The first kappa shape index (κ1) is 15.8. The molecule has 0 saturated carbocycles. The van der Waals surface area contributed by atoms with E-state index in [-0.39, 0.29) is 0 Å². The van der Waals surface area contributed by atoms with Crippen LogP contribution in [0, 0.1) is 0 Å². The van der Waals surface area contributed by atoms with Crippen molar-refractivity contribution in [1.29, 1.82) is 0 Å². The van der Waals surface area contributed by atoms with E-state index >= 15 is 0 Å². The van der Waals surface area contributed by atoms with E-state index in [1.54, 1.807) is 0 Å². The summed E-state index contributed by atoms with van der Waals surface area (Å²) in [7, 11) is 0. The number of aromatic nitrogens is 2. The molecule has 0 atom stereocenters. The zero-order valence-corrected chi connectivity index (χ0v) is 13.3. The molecule has 2 aromatic rings. The first-order valence-electron chi connectivity index (χ1n) is 8.01. The highest BCUT2D eigenvalue weighted by atomic mass is 15.3. The predicted octanol–water partition coefficient (Wildman–Crippen LogP) is 4.28. The van der Waals surface area contributed by atoms with Gasteiger partial charge in [0.15, 0.2) is 0 Å². The van der Waals surface area contributed by atoms with Gasteiger partial charge in [0.05, 0.1) is 11.2 Å². The van der Waals surface area contributed by atoms with Crippen LogP contribution in [0.5, 0.6) is 0 Å². The molecule has 1 aromatic carbocycles. The molecule has 0 radical (unpaired) electrons. The molecule has 0 fully saturated rings. The van der Waals surface area contributed by atoms with Gasteiger partial charge in [0.2, 0.25) is 0 Å². The normalized spacial score (nSPS) is 11.4. The Bertz CT molecular complexity index is 569. The second kappa shape index (κ2) is 7.99. The summed E-state index contributed by atoms with van der Waals surface area (Å²) in [5.41, 5.74) is 2.41. The molecular weight excluding hydrogens is 258 g/mol. The van der Waals surface area contributed by atoms with E-state index in [1.807, 2.05) is 6.08 Å². The number of fused-ring (bicyclic) bond motifs is 1. The first-order valence-corrected chi connectivity index (χ1v) is 8.01. The van der Waals surface area contributed by atoms with Gasteiger partial charge in [-0.1, -0.05) is 44.5 Å². The number of allylic oxidation sites excluding steroid dienone is 1.